The summed E-state index contributed by atoms with van der Waals surface area (Å²) in [6, 6.07) is 15.5. The topological polar surface area (TPSA) is 64.4 Å². The summed E-state index contributed by atoms with van der Waals surface area (Å²) in [5, 5.41) is 10.9. The molecule has 4 aromatic rings. The van der Waals surface area contributed by atoms with Gasteiger partial charge in [-0.3, -0.25) is 9.36 Å². The highest BCUT2D eigenvalue weighted by atomic mass is 35.5. The van der Waals surface area contributed by atoms with Gasteiger partial charge in [-0.1, -0.05) is 41.9 Å². The minimum absolute atomic E-state index is 0.0285. The molecule has 0 spiro atoms. The molecule has 0 fully saturated rings. The molecule has 0 bridgehead atoms. The van der Waals surface area contributed by atoms with E-state index in [9.17, 15) is 14.3 Å². The van der Waals surface area contributed by atoms with E-state index in [0.717, 1.165) is 10.4 Å². The summed E-state index contributed by atoms with van der Waals surface area (Å²) in [4.78, 5) is 18.1. The lowest BCUT2D eigenvalue weighted by Crippen LogP contribution is -2.29. The van der Waals surface area contributed by atoms with Gasteiger partial charge < -0.3 is 9.84 Å². The number of halogens is 2. The van der Waals surface area contributed by atoms with Crippen LogP contribution in [-0.2, 0) is 17.9 Å². The molecule has 2 aromatic carbocycles. The zero-order valence-electron chi connectivity index (χ0n) is 15.8. The quantitative estimate of drug-likeness (QED) is 0.456. The fourth-order valence-corrected chi connectivity index (χ4v) is 4.22. The SMILES string of the molecule is O=c1c2sc(-c3ccc(Cl)cc3)cc2ncn1CC(O)COCc1ccccc1F. The van der Waals surface area contributed by atoms with Crippen molar-refractivity contribution < 1.29 is 14.2 Å². The zero-order valence-corrected chi connectivity index (χ0v) is 17.4. The number of hydrogen-bond acceptors (Lipinski definition) is 5. The number of ether oxygens (including phenoxy) is 1. The fraction of sp³-hybridized carbons (Fsp3) is 0.182. The lowest BCUT2D eigenvalue weighted by molar-refractivity contribution is 0.0189. The average Bonchev–Trinajstić information content (AvgIpc) is 3.17. The number of benzene rings is 2. The maximum atomic E-state index is 13.6. The Morgan fingerprint density at radius 3 is 2.73 bits per heavy atom. The number of aromatic nitrogens is 2. The Morgan fingerprint density at radius 2 is 1.97 bits per heavy atom. The largest absolute Gasteiger partial charge is 0.389 e. The molecule has 0 aliphatic rings. The van der Waals surface area contributed by atoms with Crippen molar-refractivity contribution in [1.29, 1.82) is 0 Å². The molecule has 30 heavy (non-hydrogen) atoms. The normalized spacial score (nSPS) is 12.4. The summed E-state index contributed by atoms with van der Waals surface area (Å²) in [7, 11) is 0. The van der Waals surface area contributed by atoms with E-state index in [1.807, 2.05) is 18.2 Å². The van der Waals surface area contributed by atoms with Crippen molar-refractivity contribution in [3.8, 4) is 10.4 Å². The van der Waals surface area contributed by atoms with Crippen molar-refractivity contribution in [2.24, 2.45) is 0 Å². The fourth-order valence-electron chi connectivity index (χ4n) is 3.03. The Labute approximate surface area is 181 Å². The maximum Gasteiger partial charge on any atom is 0.271 e. The van der Waals surface area contributed by atoms with Gasteiger partial charge >= 0.3 is 0 Å². The Balaban J connectivity index is 1.45. The molecule has 4 rings (SSSR count). The number of hydrogen-bond donors (Lipinski definition) is 1. The predicted octanol–water partition coefficient (Wildman–Crippen LogP) is 4.50. The molecule has 0 saturated heterocycles. The molecular formula is C22H18ClFN2O3S. The summed E-state index contributed by atoms with van der Waals surface area (Å²) >= 11 is 7.28. The molecule has 2 heterocycles. The van der Waals surface area contributed by atoms with Crippen molar-refractivity contribution in [1.82, 2.24) is 9.55 Å². The molecule has 5 nitrogen and oxygen atoms in total. The third-order valence-corrected chi connectivity index (χ3v) is 5.98. The predicted molar refractivity (Wildman–Crippen MR) is 116 cm³/mol. The molecule has 8 heteroatoms. The number of aliphatic hydroxyl groups is 1. The van der Waals surface area contributed by atoms with E-state index < -0.39 is 6.10 Å². The lowest BCUT2D eigenvalue weighted by Gasteiger charge is -2.13. The van der Waals surface area contributed by atoms with Crippen molar-refractivity contribution in [3.05, 3.63) is 87.7 Å². The minimum Gasteiger partial charge on any atom is -0.389 e. The molecule has 154 valence electrons. The van der Waals surface area contributed by atoms with Crippen molar-refractivity contribution in [3.63, 3.8) is 0 Å². The standard InChI is InChI=1S/C22H18ClFN2O3S/c23-16-7-5-14(6-8-16)20-9-19-21(30-20)22(28)26(13-25-19)10-17(27)12-29-11-15-3-1-2-4-18(15)24/h1-9,13,17,27H,10-12H2. The number of aliphatic hydroxyl groups excluding tert-OH is 1. The Hall–Kier alpha value is -2.58. The van der Waals surface area contributed by atoms with E-state index in [1.54, 1.807) is 30.3 Å². The van der Waals surface area contributed by atoms with E-state index >= 15 is 0 Å². The van der Waals surface area contributed by atoms with Gasteiger partial charge in [-0.05, 0) is 29.8 Å². The van der Waals surface area contributed by atoms with Crippen molar-refractivity contribution >= 4 is 33.2 Å². The van der Waals surface area contributed by atoms with Crippen LogP contribution in [0.25, 0.3) is 20.7 Å². The molecule has 1 atom stereocenters. The monoisotopic (exact) mass is 444 g/mol. The van der Waals surface area contributed by atoms with E-state index in [2.05, 4.69) is 4.98 Å². The van der Waals surface area contributed by atoms with Gasteiger partial charge in [0.25, 0.3) is 5.56 Å². The van der Waals surface area contributed by atoms with Gasteiger partial charge in [-0.2, -0.15) is 0 Å². The average molecular weight is 445 g/mol. The van der Waals surface area contributed by atoms with Crippen LogP contribution >= 0.6 is 22.9 Å². The summed E-state index contributed by atoms with van der Waals surface area (Å²) in [5.41, 5.74) is 1.75. The van der Waals surface area contributed by atoms with Gasteiger partial charge in [0.1, 0.15) is 10.5 Å². The second kappa shape index (κ2) is 9.06. The van der Waals surface area contributed by atoms with Crippen LogP contribution in [0, 0.1) is 5.82 Å². The molecule has 1 unspecified atom stereocenters. The second-order valence-corrected chi connectivity index (χ2v) is 8.28. The van der Waals surface area contributed by atoms with E-state index in [0.29, 0.717) is 20.8 Å². The number of nitrogens with zero attached hydrogens (tertiary/aromatic N) is 2. The molecule has 0 radical (unpaired) electrons. The van der Waals surface area contributed by atoms with Crippen LogP contribution in [0.4, 0.5) is 4.39 Å². The first-order chi connectivity index (χ1) is 14.5. The smallest absolute Gasteiger partial charge is 0.271 e. The van der Waals surface area contributed by atoms with Crippen LogP contribution in [-0.4, -0.2) is 27.4 Å². The highest BCUT2D eigenvalue weighted by molar-refractivity contribution is 7.22. The Morgan fingerprint density at radius 1 is 1.20 bits per heavy atom. The molecular weight excluding hydrogens is 427 g/mol. The highest BCUT2D eigenvalue weighted by Crippen LogP contribution is 2.31. The number of rotatable bonds is 7. The van der Waals surface area contributed by atoms with Gasteiger partial charge in [0, 0.05) is 15.5 Å². The Kier molecular flexibility index (Phi) is 6.24. The first-order valence-corrected chi connectivity index (χ1v) is 10.4. The van der Waals surface area contributed by atoms with Gasteiger partial charge in [-0.25, -0.2) is 9.37 Å². The van der Waals surface area contributed by atoms with E-state index in [1.165, 1.54) is 28.3 Å². The van der Waals surface area contributed by atoms with Crippen molar-refractivity contribution in [2.45, 2.75) is 19.3 Å². The minimum atomic E-state index is -0.926. The van der Waals surface area contributed by atoms with Crippen LogP contribution in [0.1, 0.15) is 5.56 Å². The van der Waals surface area contributed by atoms with Gasteiger partial charge in [-0.15, -0.1) is 11.3 Å². The van der Waals surface area contributed by atoms with Crippen LogP contribution in [0.5, 0.6) is 0 Å². The zero-order chi connectivity index (χ0) is 21.1. The molecule has 0 saturated carbocycles. The van der Waals surface area contributed by atoms with Crippen LogP contribution in [0.15, 0.2) is 65.7 Å². The molecule has 2 aromatic heterocycles. The van der Waals surface area contributed by atoms with Crippen molar-refractivity contribution in [2.75, 3.05) is 6.61 Å². The van der Waals surface area contributed by atoms with Crippen LogP contribution < -0.4 is 5.56 Å². The highest BCUT2D eigenvalue weighted by Gasteiger charge is 2.13. The van der Waals surface area contributed by atoms with E-state index in [-0.39, 0.29) is 31.1 Å². The molecule has 0 aliphatic carbocycles. The number of fused-ring (bicyclic) bond motifs is 1. The molecule has 0 aliphatic heterocycles. The van der Waals surface area contributed by atoms with Crippen LogP contribution in [0.3, 0.4) is 0 Å². The third-order valence-electron chi connectivity index (χ3n) is 4.57. The molecule has 0 amide bonds. The third kappa shape index (κ3) is 4.60. The summed E-state index contributed by atoms with van der Waals surface area (Å²) in [5.74, 6) is -0.355. The second-order valence-electron chi connectivity index (χ2n) is 6.79. The first-order valence-electron chi connectivity index (χ1n) is 9.25. The van der Waals surface area contributed by atoms with E-state index in [4.69, 9.17) is 16.3 Å². The Bertz CT molecular complexity index is 1220. The number of thiophene rings is 1. The first kappa shape index (κ1) is 20.7. The summed E-state index contributed by atoms with van der Waals surface area (Å²) in [6.07, 6.45) is 0.493. The maximum absolute atomic E-state index is 13.6. The summed E-state index contributed by atoms with van der Waals surface area (Å²) in [6.45, 7) is 0.0534. The molecule has 1 N–H and O–H groups in total. The van der Waals surface area contributed by atoms with Gasteiger partial charge in [0.2, 0.25) is 0 Å². The lowest BCUT2D eigenvalue weighted by atomic mass is 10.2. The summed E-state index contributed by atoms with van der Waals surface area (Å²) < 4.78 is 20.9. The van der Waals surface area contributed by atoms with Gasteiger partial charge in [0.15, 0.2) is 0 Å². The van der Waals surface area contributed by atoms with Gasteiger partial charge in [0.05, 0.1) is 37.7 Å². The van der Waals surface area contributed by atoms with Crippen LogP contribution in [0.2, 0.25) is 5.02 Å².